The van der Waals surface area contributed by atoms with Gasteiger partial charge in [0.2, 0.25) is 0 Å². The van der Waals surface area contributed by atoms with Crippen LogP contribution in [0.4, 0.5) is 0 Å². The molecule has 1 aliphatic rings. The predicted molar refractivity (Wildman–Crippen MR) is 74.1 cm³/mol. The lowest BCUT2D eigenvalue weighted by atomic mass is 9.97. The summed E-state index contributed by atoms with van der Waals surface area (Å²) in [6.45, 7) is 1.45. The molecule has 0 bridgehead atoms. The maximum Gasteiger partial charge on any atom is 0.101 e. The van der Waals surface area contributed by atoms with E-state index < -0.39 is 0 Å². The molecule has 2 unspecified atom stereocenters. The lowest BCUT2D eigenvalue weighted by Crippen LogP contribution is -2.24. The van der Waals surface area contributed by atoms with Crippen LogP contribution in [0, 0.1) is 17.2 Å². The molecular formula is C15H16N4O. The third-order valence-corrected chi connectivity index (χ3v) is 3.77. The quantitative estimate of drug-likeness (QED) is 0.920. The summed E-state index contributed by atoms with van der Waals surface area (Å²) in [6.07, 6.45) is 4.45. The normalized spacial score (nSPS) is 19.7. The van der Waals surface area contributed by atoms with Gasteiger partial charge in [0.05, 0.1) is 42.1 Å². The number of ether oxygens (including phenoxy) is 1. The van der Waals surface area contributed by atoms with Gasteiger partial charge in [-0.3, -0.25) is 0 Å². The molecule has 0 saturated carbocycles. The monoisotopic (exact) mass is 268 g/mol. The second-order valence-corrected chi connectivity index (χ2v) is 4.97. The number of aromatic nitrogens is 2. The average Bonchev–Trinajstić information content (AvgIpc) is 3.17. The van der Waals surface area contributed by atoms with Gasteiger partial charge in [0.1, 0.15) is 6.07 Å². The van der Waals surface area contributed by atoms with Gasteiger partial charge in [0.15, 0.2) is 0 Å². The third kappa shape index (κ3) is 2.20. The van der Waals surface area contributed by atoms with Crippen LogP contribution in [0.3, 0.4) is 0 Å². The highest BCUT2D eigenvalue weighted by molar-refractivity contribution is 5.49. The maximum absolute atomic E-state index is 9.22. The zero-order chi connectivity index (χ0) is 13.9. The van der Waals surface area contributed by atoms with Crippen molar-refractivity contribution in [3.63, 3.8) is 0 Å². The molecule has 2 aromatic rings. The van der Waals surface area contributed by atoms with Crippen LogP contribution in [-0.4, -0.2) is 22.8 Å². The second kappa shape index (κ2) is 5.45. The minimum Gasteiger partial charge on any atom is -0.381 e. The Hall–Kier alpha value is -2.16. The maximum atomic E-state index is 9.22. The highest BCUT2D eigenvalue weighted by Crippen LogP contribution is 2.28. The van der Waals surface area contributed by atoms with Gasteiger partial charge in [-0.25, -0.2) is 4.98 Å². The molecule has 0 radical (unpaired) electrons. The Balaban J connectivity index is 2.00. The SMILES string of the molecule is N#Cc1ccccc1-n1cncc1C(N)C1CCOC1. The first-order valence-electron chi connectivity index (χ1n) is 6.66. The number of nitrogens with two attached hydrogens (primary N) is 1. The smallest absolute Gasteiger partial charge is 0.101 e. The summed E-state index contributed by atoms with van der Waals surface area (Å²) in [7, 11) is 0. The number of imidazole rings is 1. The van der Waals surface area contributed by atoms with Crippen LogP contribution in [0.1, 0.15) is 23.7 Å². The molecule has 2 heterocycles. The summed E-state index contributed by atoms with van der Waals surface area (Å²) in [5.74, 6) is 0.305. The number of nitriles is 1. The van der Waals surface area contributed by atoms with Crippen LogP contribution >= 0.6 is 0 Å². The Bertz CT molecular complexity index is 637. The zero-order valence-corrected chi connectivity index (χ0v) is 11.1. The number of hydrogen-bond donors (Lipinski definition) is 1. The van der Waals surface area contributed by atoms with Crippen molar-refractivity contribution in [2.45, 2.75) is 12.5 Å². The topological polar surface area (TPSA) is 76.9 Å². The first-order valence-corrected chi connectivity index (χ1v) is 6.66. The predicted octanol–water partition coefficient (Wildman–Crippen LogP) is 1.78. The van der Waals surface area contributed by atoms with Crippen molar-refractivity contribution in [3.05, 3.63) is 48.0 Å². The molecule has 0 amide bonds. The van der Waals surface area contributed by atoms with E-state index in [1.165, 1.54) is 0 Å². The van der Waals surface area contributed by atoms with Gasteiger partial charge < -0.3 is 15.0 Å². The largest absolute Gasteiger partial charge is 0.381 e. The fourth-order valence-corrected chi connectivity index (χ4v) is 2.61. The van der Waals surface area contributed by atoms with E-state index in [4.69, 9.17) is 10.5 Å². The fourth-order valence-electron chi connectivity index (χ4n) is 2.61. The van der Waals surface area contributed by atoms with Crippen LogP contribution in [0.15, 0.2) is 36.8 Å². The van der Waals surface area contributed by atoms with Crippen molar-refractivity contribution in [1.29, 1.82) is 5.26 Å². The average molecular weight is 268 g/mol. The Kier molecular flexibility index (Phi) is 3.50. The van der Waals surface area contributed by atoms with Crippen LogP contribution in [0.5, 0.6) is 0 Å². The molecule has 2 N–H and O–H groups in total. The molecule has 1 aliphatic heterocycles. The van der Waals surface area contributed by atoms with Crippen molar-refractivity contribution >= 4 is 0 Å². The highest BCUT2D eigenvalue weighted by Gasteiger charge is 2.26. The molecule has 1 fully saturated rings. The van der Waals surface area contributed by atoms with Gasteiger partial charge in [0.25, 0.3) is 0 Å². The Labute approximate surface area is 117 Å². The number of rotatable bonds is 3. The summed E-state index contributed by atoms with van der Waals surface area (Å²) < 4.78 is 7.31. The number of para-hydroxylation sites is 1. The van der Waals surface area contributed by atoms with E-state index >= 15 is 0 Å². The van der Waals surface area contributed by atoms with E-state index in [-0.39, 0.29) is 6.04 Å². The molecule has 20 heavy (non-hydrogen) atoms. The lowest BCUT2D eigenvalue weighted by Gasteiger charge is -2.19. The molecule has 1 aromatic carbocycles. The summed E-state index contributed by atoms with van der Waals surface area (Å²) in [6, 6.07) is 9.53. The standard InChI is InChI=1S/C15H16N4O/c16-7-11-3-1-2-4-13(11)19-10-18-8-14(19)15(17)12-5-6-20-9-12/h1-4,8,10,12,15H,5-6,9,17H2. The van der Waals surface area contributed by atoms with Gasteiger partial charge >= 0.3 is 0 Å². The summed E-state index contributed by atoms with van der Waals surface area (Å²) in [5, 5.41) is 9.22. The molecule has 5 nitrogen and oxygen atoms in total. The van der Waals surface area contributed by atoms with E-state index in [1.807, 2.05) is 22.8 Å². The van der Waals surface area contributed by atoms with Crippen LogP contribution < -0.4 is 5.73 Å². The molecule has 2 atom stereocenters. The lowest BCUT2D eigenvalue weighted by molar-refractivity contribution is 0.180. The van der Waals surface area contributed by atoms with Gasteiger partial charge in [-0.15, -0.1) is 0 Å². The second-order valence-electron chi connectivity index (χ2n) is 4.97. The van der Waals surface area contributed by atoms with E-state index in [0.29, 0.717) is 18.1 Å². The minimum atomic E-state index is -0.133. The number of hydrogen-bond acceptors (Lipinski definition) is 4. The van der Waals surface area contributed by atoms with Crippen molar-refractivity contribution < 1.29 is 4.74 Å². The van der Waals surface area contributed by atoms with Crippen LogP contribution in [0.2, 0.25) is 0 Å². The molecule has 1 aromatic heterocycles. The van der Waals surface area contributed by atoms with Gasteiger partial charge in [0, 0.05) is 12.5 Å². The summed E-state index contributed by atoms with van der Waals surface area (Å²) in [5.41, 5.74) is 8.70. The minimum absolute atomic E-state index is 0.133. The van der Waals surface area contributed by atoms with E-state index in [9.17, 15) is 5.26 Å². The molecule has 3 rings (SSSR count). The first kappa shape index (κ1) is 12.9. The number of benzene rings is 1. The van der Waals surface area contributed by atoms with Crippen LogP contribution in [0.25, 0.3) is 5.69 Å². The fraction of sp³-hybridized carbons (Fsp3) is 0.333. The van der Waals surface area contributed by atoms with E-state index in [0.717, 1.165) is 24.4 Å². The Morgan fingerprint density at radius 3 is 3.05 bits per heavy atom. The van der Waals surface area contributed by atoms with Crippen molar-refractivity contribution in [1.82, 2.24) is 9.55 Å². The zero-order valence-electron chi connectivity index (χ0n) is 11.1. The van der Waals surface area contributed by atoms with Gasteiger partial charge in [-0.05, 0) is 18.6 Å². The first-order chi connectivity index (χ1) is 9.81. The molecule has 1 saturated heterocycles. The highest BCUT2D eigenvalue weighted by atomic mass is 16.5. The molecule has 102 valence electrons. The Morgan fingerprint density at radius 2 is 2.30 bits per heavy atom. The molecule has 0 spiro atoms. The van der Waals surface area contributed by atoms with Crippen molar-refractivity contribution in [2.24, 2.45) is 11.7 Å². The molecule has 5 heteroatoms. The number of nitrogens with zero attached hydrogens (tertiary/aromatic N) is 3. The third-order valence-electron chi connectivity index (χ3n) is 3.77. The molecule has 0 aliphatic carbocycles. The van der Waals surface area contributed by atoms with Gasteiger partial charge in [-0.1, -0.05) is 12.1 Å². The van der Waals surface area contributed by atoms with Crippen LogP contribution in [-0.2, 0) is 4.74 Å². The summed E-state index contributed by atoms with van der Waals surface area (Å²) in [4.78, 5) is 4.20. The van der Waals surface area contributed by atoms with E-state index in [2.05, 4.69) is 11.1 Å². The van der Waals surface area contributed by atoms with Crippen molar-refractivity contribution in [3.8, 4) is 11.8 Å². The van der Waals surface area contributed by atoms with Crippen molar-refractivity contribution in [2.75, 3.05) is 13.2 Å². The Morgan fingerprint density at radius 1 is 1.45 bits per heavy atom. The molecular weight excluding hydrogens is 252 g/mol. The summed E-state index contributed by atoms with van der Waals surface area (Å²) >= 11 is 0. The van der Waals surface area contributed by atoms with Gasteiger partial charge in [-0.2, -0.15) is 5.26 Å². The van der Waals surface area contributed by atoms with E-state index in [1.54, 1.807) is 18.6 Å².